The summed E-state index contributed by atoms with van der Waals surface area (Å²) >= 11 is 8.77. The molecule has 0 saturated carbocycles. The van der Waals surface area contributed by atoms with Crippen LogP contribution in [0.25, 0.3) is 0 Å². The molecule has 0 aliphatic heterocycles. The van der Waals surface area contributed by atoms with E-state index < -0.39 is 0 Å². The quantitative estimate of drug-likeness (QED) is 0.684. The summed E-state index contributed by atoms with van der Waals surface area (Å²) in [4.78, 5) is 1.32. The number of hydrogen-bond acceptors (Lipinski definition) is 3. The smallest absolute Gasteiger partial charge is 0.115 e. The zero-order valence-corrected chi connectivity index (χ0v) is 15.2. The highest BCUT2D eigenvalue weighted by atomic mass is 79.9. The van der Waals surface area contributed by atoms with Crippen molar-refractivity contribution in [2.75, 3.05) is 0 Å². The van der Waals surface area contributed by atoms with E-state index in [0.717, 1.165) is 27.6 Å². The minimum Gasteiger partial charge on any atom is -0.508 e. The first-order chi connectivity index (χ1) is 9.54. The van der Waals surface area contributed by atoms with Crippen molar-refractivity contribution < 1.29 is 5.11 Å². The molecule has 0 aliphatic rings. The van der Waals surface area contributed by atoms with Crippen LogP contribution < -0.4 is 5.32 Å². The van der Waals surface area contributed by atoms with Crippen LogP contribution in [0.5, 0.6) is 5.75 Å². The second-order valence-corrected chi connectivity index (χ2v) is 8.13. The van der Waals surface area contributed by atoms with Gasteiger partial charge in [-0.15, -0.1) is 11.3 Å². The highest BCUT2D eigenvalue weighted by Crippen LogP contribution is 2.32. The topological polar surface area (TPSA) is 32.3 Å². The van der Waals surface area contributed by atoms with Crippen molar-refractivity contribution in [1.82, 2.24) is 5.32 Å². The van der Waals surface area contributed by atoms with Crippen LogP contribution in [-0.2, 0) is 13.0 Å². The number of rotatable bonds is 6. The van der Waals surface area contributed by atoms with Crippen LogP contribution in [0.1, 0.15) is 23.8 Å². The molecule has 0 saturated heterocycles. The summed E-state index contributed by atoms with van der Waals surface area (Å²) in [5.74, 6) is 0.328. The van der Waals surface area contributed by atoms with Gasteiger partial charge in [0.05, 0.1) is 3.79 Å². The normalized spacial score (nSPS) is 12.6. The molecule has 1 atom stereocenters. The third kappa shape index (κ3) is 4.88. The summed E-state index contributed by atoms with van der Waals surface area (Å²) in [6, 6.07) is 10.1. The Hall–Kier alpha value is -0.360. The predicted octanol–water partition coefficient (Wildman–Crippen LogP) is 5.09. The lowest BCUT2D eigenvalue weighted by molar-refractivity contribution is 0.474. The summed E-state index contributed by atoms with van der Waals surface area (Å²) in [7, 11) is 0. The van der Waals surface area contributed by atoms with Gasteiger partial charge in [0.25, 0.3) is 0 Å². The lowest BCUT2D eigenvalue weighted by Crippen LogP contribution is -2.25. The van der Waals surface area contributed by atoms with Gasteiger partial charge >= 0.3 is 0 Å². The molecule has 1 aromatic carbocycles. The Morgan fingerprint density at radius 1 is 1.25 bits per heavy atom. The minimum absolute atomic E-state index is 0.328. The molecule has 1 unspecified atom stereocenters. The number of aromatic hydroxyl groups is 1. The molecule has 2 aromatic rings. The second kappa shape index (κ2) is 7.59. The van der Waals surface area contributed by atoms with E-state index in [0.29, 0.717) is 11.8 Å². The van der Waals surface area contributed by atoms with E-state index in [9.17, 15) is 5.11 Å². The number of hydrogen-bond donors (Lipinski definition) is 2. The molecule has 0 aliphatic carbocycles. The first-order valence-corrected chi connectivity index (χ1v) is 8.90. The average Bonchev–Trinajstić information content (AvgIpc) is 2.75. The third-order valence-corrected chi connectivity index (χ3v) is 6.38. The van der Waals surface area contributed by atoms with E-state index in [1.54, 1.807) is 23.5 Å². The van der Waals surface area contributed by atoms with Gasteiger partial charge in [-0.3, -0.25) is 0 Å². The third-order valence-electron chi connectivity index (χ3n) is 3.12. The highest BCUT2D eigenvalue weighted by Gasteiger charge is 2.06. The summed E-state index contributed by atoms with van der Waals surface area (Å²) in [5, 5.41) is 12.8. The molecule has 2 rings (SSSR count). The van der Waals surface area contributed by atoms with E-state index in [-0.39, 0.29) is 0 Å². The first kappa shape index (κ1) is 16.0. The number of phenolic OH excluding ortho intramolecular Hbond substituents is 1. The molecule has 0 bridgehead atoms. The van der Waals surface area contributed by atoms with Gasteiger partial charge in [-0.05, 0) is 75.4 Å². The SMILES string of the molecule is CC(CCc1ccc(O)cc1)NCc1cc(Br)c(Br)s1. The van der Waals surface area contributed by atoms with E-state index in [2.05, 4.69) is 50.2 Å². The van der Waals surface area contributed by atoms with Gasteiger partial charge in [0.2, 0.25) is 0 Å². The van der Waals surface area contributed by atoms with Crippen molar-refractivity contribution in [2.45, 2.75) is 32.4 Å². The number of thiophene rings is 1. The maximum atomic E-state index is 9.25. The fourth-order valence-electron chi connectivity index (χ4n) is 1.90. The van der Waals surface area contributed by atoms with Crippen LogP contribution in [0.4, 0.5) is 0 Å². The van der Waals surface area contributed by atoms with Gasteiger partial charge in [-0.25, -0.2) is 0 Å². The minimum atomic E-state index is 0.328. The Bertz CT molecular complexity index is 534. The molecule has 5 heteroatoms. The van der Waals surface area contributed by atoms with Crippen molar-refractivity contribution in [1.29, 1.82) is 0 Å². The van der Waals surface area contributed by atoms with Crippen molar-refractivity contribution >= 4 is 43.2 Å². The van der Waals surface area contributed by atoms with Crippen molar-refractivity contribution in [3.05, 3.63) is 49.0 Å². The van der Waals surface area contributed by atoms with Gasteiger partial charge < -0.3 is 10.4 Å². The van der Waals surface area contributed by atoms with E-state index in [4.69, 9.17) is 0 Å². The maximum absolute atomic E-state index is 9.25. The maximum Gasteiger partial charge on any atom is 0.115 e. The number of halogens is 2. The summed E-state index contributed by atoms with van der Waals surface area (Å²) in [5.41, 5.74) is 1.26. The van der Waals surface area contributed by atoms with E-state index in [1.165, 1.54) is 10.4 Å². The Morgan fingerprint density at radius 2 is 1.95 bits per heavy atom. The van der Waals surface area contributed by atoms with Gasteiger partial charge in [-0.1, -0.05) is 12.1 Å². The molecule has 2 nitrogen and oxygen atoms in total. The first-order valence-electron chi connectivity index (χ1n) is 6.49. The van der Waals surface area contributed by atoms with Crippen LogP contribution in [0.3, 0.4) is 0 Å². The van der Waals surface area contributed by atoms with Gasteiger partial charge in [-0.2, -0.15) is 0 Å². The number of benzene rings is 1. The van der Waals surface area contributed by atoms with Gasteiger partial charge in [0.1, 0.15) is 5.75 Å². The Morgan fingerprint density at radius 3 is 2.55 bits per heavy atom. The fraction of sp³-hybridized carbons (Fsp3) is 0.333. The molecule has 0 radical (unpaired) electrons. The number of nitrogens with one attached hydrogen (secondary N) is 1. The molecular weight excluding hydrogens is 402 g/mol. The van der Waals surface area contributed by atoms with Crippen LogP contribution in [0, 0.1) is 0 Å². The van der Waals surface area contributed by atoms with Crippen molar-refractivity contribution in [3.8, 4) is 5.75 Å². The fourth-order valence-corrected chi connectivity index (χ4v) is 4.03. The van der Waals surface area contributed by atoms with Crippen molar-refractivity contribution in [3.63, 3.8) is 0 Å². The second-order valence-electron chi connectivity index (χ2n) is 4.82. The van der Waals surface area contributed by atoms with E-state index >= 15 is 0 Å². The predicted molar refractivity (Wildman–Crippen MR) is 92.4 cm³/mol. The standard InChI is InChI=1S/C15H17Br2NOS/c1-10(2-3-11-4-6-12(19)7-5-11)18-9-13-8-14(16)15(17)20-13/h4-8,10,18-19H,2-3,9H2,1H3. The number of phenols is 1. The largest absolute Gasteiger partial charge is 0.508 e. The Labute approximate surface area is 140 Å². The average molecular weight is 419 g/mol. The van der Waals surface area contributed by atoms with Gasteiger partial charge in [0, 0.05) is 21.9 Å². The Kier molecular flexibility index (Phi) is 6.08. The van der Waals surface area contributed by atoms with E-state index in [1.807, 2.05) is 12.1 Å². The van der Waals surface area contributed by atoms with Crippen LogP contribution in [0.15, 0.2) is 38.6 Å². The van der Waals surface area contributed by atoms with Gasteiger partial charge in [0.15, 0.2) is 0 Å². The zero-order valence-electron chi connectivity index (χ0n) is 11.2. The lowest BCUT2D eigenvalue weighted by atomic mass is 10.1. The molecule has 0 fully saturated rings. The molecule has 1 aromatic heterocycles. The highest BCUT2D eigenvalue weighted by molar-refractivity contribution is 9.13. The monoisotopic (exact) mass is 417 g/mol. The van der Waals surface area contributed by atoms with Crippen LogP contribution in [-0.4, -0.2) is 11.1 Å². The molecule has 0 spiro atoms. The Balaban J connectivity index is 1.75. The number of aryl methyl sites for hydroxylation is 1. The van der Waals surface area contributed by atoms with Crippen LogP contribution >= 0.6 is 43.2 Å². The molecule has 1 heterocycles. The van der Waals surface area contributed by atoms with Crippen LogP contribution in [0.2, 0.25) is 0 Å². The van der Waals surface area contributed by atoms with Crippen molar-refractivity contribution in [2.24, 2.45) is 0 Å². The molecule has 2 N–H and O–H groups in total. The summed E-state index contributed by atoms with van der Waals surface area (Å²) < 4.78 is 2.27. The molecular formula is C15H17Br2NOS. The summed E-state index contributed by atoms with van der Waals surface area (Å²) in [6.45, 7) is 3.10. The molecule has 0 amide bonds. The lowest BCUT2D eigenvalue weighted by Gasteiger charge is -2.13. The molecule has 20 heavy (non-hydrogen) atoms. The summed E-state index contributed by atoms with van der Waals surface area (Å²) in [6.07, 6.45) is 2.10. The zero-order chi connectivity index (χ0) is 14.5. The molecule has 108 valence electrons.